The smallest absolute Gasteiger partial charge is 0.233 e. The van der Waals surface area contributed by atoms with Crippen molar-refractivity contribution in [2.24, 2.45) is 0 Å². The van der Waals surface area contributed by atoms with E-state index in [0.29, 0.717) is 0 Å². The SMILES string of the molecule is CN1CC(c2ccccn2)C1=O. The van der Waals surface area contributed by atoms with E-state index in [1.807, 2.05) is 25.2 Å². The first-order valence-electron chi connectivity index (χ1n) is 3.95. The van der Waals surface area contributed by atoms with Crippen molar-refractivity contribution >= 4 is 5.91 Å². The summed E-state index contributed by atoms with van der Waals surface area (Å²) in [6.45, 7) is 0.801. The summed E-state index contributed by atoms with van der Waals surface area (Å²) < 4.78 is 0. The molecule has 0 N–H and O–H groups in total. The first-order chi connectivity index (χ1) is 5.79. The second-order valence-electron chi connectivity index (χ2n) is 3.03. The van der Waals surface area contributed by atoms with Gasteiger partial charge >= 0.3 is 0 Å². The lowest BCUT2D eigenvalue weighted by atomic mass is 9.95. The lowest BCUT2D eigenvalue weighted by molar-refractivity contribution is -0.140. The fraction of sp³-hybridized carbons (Fsp3) is 0.333. The Kier molecular flexibility index (Phi) is 1.57. The largest absolute Gasteiger partial charge is 0.344 e. The van der Waals surface area contributed by atoms with Crippen molar-refractivity contribution in [2.75, 3.05) is 13.6 Å². The van der Waals surface area contributed by atoms with E-state index in [0.717, 1.165) is 12.2 Å². The minimum Gasteiger partial charge on any atom is -0.344 e. The first-order valence-corrected chi connectivity index (χ1v) is 3.95. The minimum atomic E-state index is 0.0104. The van der Waals surface area contributed by atoms with Gasteiger partial charge in [-0.2, -0.15) is 0 Å². The number of pyridine rings is 1. The highest BCUT2D eigenvalue weighted by atomic mass is 16.2. The number of likely N-dealkylation sites (N-methyl/N-ethyl adjacent to an activating group) is 1. The Labute approximate surface area is 71.0 Å². The normalized spacial score (nSPS) is 22.2. The van der Waals surface area contributed by atoms with Gasteiger partial charge in [-0.1, -0.05) is 6.07 Å². The van der Waals surface area contributed by atoms with Crippen LogP contribution in [0.2, 0.25) is 0 Å². The van der Waals surface area contributed by atoms with Gasteiger partial charge < -0.3 is 4.90 Å². The first kappa shape index (κ1) is 7.28. The maximum absolute atomic E-state index is 11.2. The van der Waals surface area contributed by atoms with Crippen LogP contribution in [0.3, 0.4) is 0 Å². The van der Waals surface area contributed by atoms with Crippen LogP contribution in [-0.4, -0.2) is 29.4 Å². The molecule has 0 spiro atoms. The molecule has 0 saturated carbocycles. The Bertz CT molecular complexity index is 297. The molecular formula is C9H10N2O. The van der Waals surface area contributed by atoms with Crippen molar-refractivity contribution in [1.82, 2.24) is 9.88 Å². The lowest BCUT2D eigenvalue weighted by Gasteiger charge is -2.34. The number of nitrogens with zero attached hydrogens (tertiary/aromatic N) is 2. The molecule has 1 aliphatic rings. The molecule has 12 heavy (non-hydrogen) atoms. The van der Waals surface area contributed by atoms with Gasteiger partial charge in [-0.25, -0.2) is 0 Å². The predicted molar refractivity (Wildman–Crippen MR) is 44.6 cm³/mol. The number of carbonyl (C=O) groups excluding carboxylic acids is 1. The number of hydrogen-bond acceptors (Lipinski definition) is 2. The van der Waals surface area contributed by atoms with Crippen LogP contribution in [0.25, 0.3) is 0 Å². The molecule has 1 aromatic rings. The number of likely N-dealkylation sites (tertiary alicyclic amines) is 1. The molecule has 2 heterocycles. The van der Waals surface area contributed by atoms with Crippen LogP contribution in [-0.2, 0) is 4.79 Å². The molecule has 3 nitrogen and oxygen atoms in total. The fourth-order valence-electron chi connectivity index (χ4n) is 1.40. The van der Waals surface area contributed by atoms with Crippen LogP contribution in [0.15, 0.2) is 24.4 Å². The Balaban J connectivity index is 2.19. The van der Waals surface area contributed by atoms with E-state index in [9.17, 15) is 4.79 Å². The predicted octanol–water partition coefficient (Wildman–Crippen LogP) is 0.637. The van der Waals surface area contributed by atoms with Crippen LogP contribution in [0.5, 0.6) is 0 Å². The molecule has 0 radical (unpaired) electrons. The molecule has 2 rings (SSSR count). The van der Waals surface area contributed by atoms with Crippen molar-refractivity contribution in [3.05, 3.63) is 30.1 Å². The van der Waals surface area contributed by atoms with Crippen LogP contribution in [0.4, 0.5) is 0 Å². The van der Waals surface area contributed by atoms with Crippen molar-refractivity contribution in [1.29, 1.82) is 0 Å². The van der Waals surface area contributed by atoms with Gasteiger partial charge in [0.25, 0.3) is 0 Å². The zero-order valence-electron chi connectivity index (χ0n) is 6.90. The number of amides is 1. The van der Waals surface area contributed by atoms with E-state index in [2.05, 4.69) is 4.98 Å². The van der Waals surface area contributed by atoms with Crippen molar-refractivity contribution in [3.8, 4) is 0 Å². The molecule has 1 aliphatic heterocycles. The monoisotopic (exact) mass is 162 g/mol. The highest BCUT2D eigenvalue weighted by Gasteiger charge is 2.35. The maximum Gasteiger partial charge on any atom is 0.233 e. The zero-order valence-corrected chi connectivity index (χ0v) is 6.90. The van der Waals surface area contributed by atoms with E-state index in [4.69, 9.17) is 0 Å². The van der Waals surface area contributed by atoms with Gasteiger partial charge in [-0.3, -0.25) is 9.78 Å². The Morgan fingerprint density at radius 1 is 1.58 bits per heavy atom. The van der Waals surface area contributed by atoms with Crippen LogP contribution in [0, 0.1) is 0 Å². The van der Waals surface area contributed by atoms with E-state index in [-0.39, 0.29) is 11.8 Å². The number of hydrogen-bond donors (Lipinski definition) is 0. The lowest BCUT2D eigenvalue weighted by Crippen LogP contribution is -2.48. The van der Waals surface area contributed by atoms with Gasteiger partial charge in [-0.05, 0) is 12.1 Å². The van der Waals surface area contributed by atoms with Gasteiger partial charge in [0.1, 0.15) is 0 Å². The summed E-state index contributed by atoms with van der Waals surface area (Å²) in [6, 6.07) is 5.67. The van der Waals surface area contributed by atoms with E-state index < -0.39 is 0 Å². The summed E-state index contributed by atoms with van der Waals surface area (Å²) in [5.74, 6) is 0.185. The number of aromatic nitrogens is 1. The molecule has 1 saturated heterocycles. The standard InChI is InChI=1S/C9H10N2O/c1-11-6-7(9(11)12)8-4-2-3-5-10-8/h2-5,7H,6H2,1H3. The van der Waals surface area contributed by atoms with E-state index >= 15 is 0 Å². The fourth-order valence-corrected chi connectivity index (χ4v) is 1.40. The molecule has 1 fully saturated rings. The van der Waals surface area contributed by atoms with Gasteiger partial charge in [0, 0.05) is 19.8 Å². The summed E-state index contributed by atoms with van der Waals surface area (Å²) in [7, 11) is 1.81. The molecule has 1 unspecified atom stereocenters. The topological polar surface area (TPSA) is 33.2 Å². The summed E-state index contributed by atoms with van der Waals surface area (Å²) >= 11 is 0. The van der Waals surface area contributed by atoms with Gasteiger partial charge in [0.05, 0.1) is 11.6 Å². The van der Waals surface area contributed by atoms with Crippen LogP contribution in [0.1, 0.15) is 11.6 Å². The molecule has 0 aromatic carbocycles. The summed E-state index contributed by atoms with van der Waals surface area (Å²) in [5.41, 5.74) is 0.889. The van der Waals surface area contributed by atoms with E-state index in [1.54, 1.807) is 11.1 Å². The van der Waals surface area contributed by atoms with E-state index in [1.165, 1.54) is 0 Å². The number of carbonyl (C=O) groups is 1. The van der Waals surface area contributed by atoms with Gasteiger partial charge in [0.2, 0.25) is 5.91 Å². The molecular weight excluding hydrogens is 152 g/mol. The van der Waals surface area contributed by atoms with Crippen molar-refractivity contribution in [2.45, 2.75) is 5.92 Å². The number of β-lactam (4-membered cyclic amide) rings is 1. The van der Waals surface area contributed by atoms with Crippen LogP contribution < -0.4 is 0 Å². The second kappa shape index (κ2) is 2.59. The third kappa shape index (κ3) is 0.978. The maximum atomic E-state index is 11.2. The van der Waals surface area contributed by atoms with Crippen molar-refractivity contribution < 1.29 is 4.79 Å². The number of rotatable bonds is 1. The molecule has 0 bridgehead atoms. The quantitative estimate of drug-likeness (QED) is 0.568. The third-order valence-corrected chi connectivity index (χ3v) is 2.18. The molecule has 1 amide bonds. The highest BCUT2D eigenvalue weighted by Crippen LogP contribution is 2.24. The molecule has 62 valence electrons. The molecule has 3 heteroatoms. The Morgan fingerprint density at radius 2 is 2.42 bits per heavy atom. The molecule has 1 aromatic heterocycles. The zero-order chi connectivity index (χ0) is 8.55. The summed E-state index contributed by atoms with van der Waals surface area (Å²) in [6.07, 6.45) is 1.72. The van der Waals surface area contributed by atoms with Gasteiger partial charge in [0.15, 0.2) is 0 Å². The second-order valence-corrected chi connectivity index (χ2v) is 3.03. The Morgan fingerprint density at radius 3 is 2.92 bits per heavy atom. The van der Waals surface area contributed by atoms with Crippen molar-refractivity contribution in [3.63, 3.8) is 0 Å². The third-order valence-electron chi connectivity index (χ3n) is 2.18. The Hall–Kier alpha value is -1.38. The summed E-state index contributed by atoms with van der Waals surface area (Å²) in [5, 5.41) is 0. The molecule has 1 atom stereocenters. The average Bonchev–Trinajstić information content (AvgIpc) is 2.15. The highest BCUT2D eigenvalue weighted by molar-refractivity contribution is 5.88. The summed E-state index contributed by atoms with van der Waals surface area (Å²) in [4.78, 5) is 17.1. The minimum absolute atomic E-state index is 0.0104. The van der Waals surface area contributed by atoms with Gasteiger partial charge in [-0.15, -0.1) is 0 Å². The molecule has 0 aliphatic carbocycles. The van der Waals surface area contributed by atoms with Crippen LogP contribution >= 0.6 is 0 Å². The average molecular weight is 162 g/mol.